The van der Waals surface area contributed by atoms with E-state index in [0.717, 1.165) is 36.0 Å². The van der Waals surface area contributed by atoms with Crippen LogP contribution in [0.4, 0.5) is 11.6 Å². The van der Waals surface area contributed by atoms with Crippen molar-refractivity contribution in [2.45, 2.75) is 58.9 Å². The summed E-state index contributed by atoms with van der Waals surface area (Å²) in [7, 11) is 0. The molecule has 5 nitrogen and oxygen atoms in total. The quantitative estimate of drug-likeness (QED) is 0.570. The normalized spacial score (nSPS) is 26.3. The van der Waals surface area contributed by atoms with E-state index in [1.807, 2.05) is 0 Å². The SMILES string of the molecule is CCCc1c(NN)ncnc1NC1CCCC(C)C1C. The highest BCUT2D eigenvalue weighted by molar-refractivity contribution is 5.57. The van der Waals surface area contributed by atoms with Crippen molar-refractivity contribution in [2.24, 2.45) is 17.7 Å². The van der Waals surface area contributed by atoms with Crippen molar-refractivity contribution in [3.8, 4) is 0 Å². The lowest BCUT2D eigenvalue weighted by Crippen LogP contribution is -2.35. The molecule has 1 aliphatic rings. The molecule has 3 unspecified atom stereocenters. The molecule has 1 aromatic rings. The van der Waals surface area contributed by atoms with Gasteiger partial charge in [0.05, 0.1) is 0 Å². The largest absolute Gasteiger partial charge is 0.367 e. The van der Waals surface area contributed by atoms with Crippen LogP contribution in [0.5, 0.6) is 0 Å². The van der Waals surface area contributed by atoms with Crippen molar-refractivity contribution in [2.75, 3.05) is 10.7 Å². The van der Waals surface area contributed by atoms with Gasteiger partial charge in [-0.2, -0.15) is 0 Å². The molecule has 1 fully saturated rings. The fraction of sp³-hybridized carbons (Fsp3) is 0.733. The van der Waals surface area contributed by atoms with Crippen LogP contribution in [0.15, 0.2) is 6.33 Å². The minimum Gasteiger partial charge on any atom is -0.367 e. The Morgan fingerprint density at radius 3 is 2.70 bits per heavy atom. The fourth-order valence-electron chi connectivity index (χ4n) is 3.11. The lowest BCUT2D eigenvalue weighted by Gasteiger charge is -2.35. The van der Waals surface area contributed by atoms with E-state index in [4.69, 9.17) is 5.84 Å². The lowest BCUT2D eigenvalue weighted by molar-refractivity contribution is 0.252. The molecule has 2 rings (SSSR count). The zero-order valence-corrected chi connectivity index (χ0v) is 12.8. The molecule has 3 atom stereocenters. The van der Waals surface area contributed by atoms with Crippen LogP contribution in [0.2, 0.25) is 0 Å². The minimum absolute atomic E-state index is 0.495. The molecule has 0 aromatic carbocycles. The van der Waals surface area contributed by atoms with E-state index in [-0.39, 0.29) is 0 Å². The van der Waals surface area contributed by atoms with Crippen molar-refractivity contribution in [3.63, 3.8) is 0 Å². The van der Waals surface area contributed by atoms with Crippen LogP contribution in [0.3, 0.4) is 0 Å². The van der Waals surface area contributed by atoms with Crippen molar-refractivity contribution in [1.82, 2.24) is 9.97 Å². The molecule has 0 radical (unpaired) electrons. The molecule has 4 N–H and O–H groups in total. The smallest absolute Gasteiger partial charge is 0.148 e. The Hall–Kier alpha value is -1.36. The predicted molar refractivity (Wildman–Crippen MR) is 83.4 cm³/mol. The van der Waals surface area contributed by atoms with Gasteiger partial charge in [-0.05, 0) is 24.7 Å². The first-order valence-electron chi connectivity index (χ1n) is 7.74. The first-order chi connectivity index (χ1) is 9.67. The maximum absolute atomic E-state index is 5.56. The number of nitrogens with two attached hydrogens (primary N) is 1. The van der Waals surface area contributed by atoms with E-state index < -0.39 is 0 Å². The second-order valence-corrected chi connectivity index (χ2v) is 5.96. The van der Waals surface area contributed by atoms with Crippen molar-refractivity contribution in [1.29, 1.82) is 0 Å². The van der Waals surface area contributed by atoms with Crippen LogP contribution >= 0.6 is 0 Å². The third-order valence-corrected chi connectivity index (χ3v) is 4.61. The van der Waals surface area contributed by atoms with Gasteiger partial charge in [-0.1, -0.05) is 40.0 Å². The number of rotatable bonds is 5. The number of anilines is 2. The second kappa shape index (κ2) is 6.88. The topological polar surface area (TPSA) is 75.9 Å². The summed E-state index contributed by atoms with van der Waals surface area (Å²) in [4.78, 5) is 8.66. The van der Waals surface area contributed by atoms with Crippen molar-refractivity contribution < 1.29 is 0 Å². The monoisotopic (exact) mass is 277 g/mol. The van der Waals surface area contributed by atoms with E-state index in [1.165, 1.54) is 19.3 Å². The van der Waals surface area contributed by atoms with Crippen molar-refractivity contribution in [3.05, 3.63) is 11.9 Å². The van der Waals surface area contributed by atoms with Gasteiger partial charge in [-0.3, -0.25) is 0 Å². The summed E-state index contributed by atoms with van der Waals surface area (Å²) in [6.45, 7) is 6.84. The summed E-state index contributed by atoms with van der Waals surface area (Å²) in [6.07, 6.45) is 7.40. The highest BCUT2D eigenvalue weighted by Gasteiger charge is 2.27. The minimum atomic E-state index is 0.495. The predicted octanol–water partition coefficient (Wildman–Crippen LogP) is 2.95. The Kier molecular flexibility index (Phi) is 5.17. The molecule has 1 aromatic heterocycles. The Morgan fingerprint density at radius 1 is 1.25 bits per heavy atom. The van der Waals surface area contributed by atoms with Crippen molar-refractivity contribution >= 4 is 11.6 Å². The summed E-state index contributed by atoms with van der Waals surface area (Å²) in [5.41, 5.74) is 3.79. The third-order valence-electron chi connectivity index (χ3n) is 4.61. The number of nitrogen functional groups attached to an aromatic ring is 1. The fourth-order valence-corrected chi connectivity index (χ4v) is 3.11. The molecule has 0 bridgehead atoms. The summed E-state index contributed by atoms with van der Waals surface area (Å²) in [6, 6.07) is 0.495. The molecule has 0 spiro atoms. The molecule has 0 aliphatic heterocycles. The zero-order valence-electron chi connectivity index (χ0n) is 12.8. The molecule has 112 valence electrons. The first kappa shape index (κ1) is 15.0. The standard InChI is InChI=1S/C15H27N5/c1-4-6-12-14(17-9-18-15(12)20-16)19-13-8-5-7-10(2)11(13)3/h9-11,13H,4-8,16H2,1-3H3,(H2,17,18,19,20). The molecule has 1 saturated carbocycles. The first-order valence-corrected chi connectivity index (χ1v) is 7.74. The molecule has 0 saturated heterocycles. The van der Waals surface area contributed by atoms with Gasteiger partial charge in [0.25, 0.3) is 0 Å². The number of aromatic nitrogens is 2. The number of nitrogens with one attached hydrogen (secondary N) is 2. The zero-order chi connectivity index (χ0) is 14.5. The van der Waals surface area contributed by atoms with Gasteiger partial charge < -0.3 is 10.7 Å². The summed E-state index contributed by atoms with van der Waals surface area (Å²) in [5, 5.41) is 3.64. The van der Waals surface area contributed by atoms with E-state index >= 15 is 0 Å². The Balaban J connectivity index is 2.19. The van der Waals surface area contributed by atoms with E-state index in [1.54, 1.807) is 6.33 Å². The number of hydrogen-bond donors (Lipinski definition) is 3. The third kappa shape index (κ3) is 3.20. The molecular formula is C15H27N5. The summed E-state index contributed by atoms with van der Waals surface area (Å²) >= 11 is 0. The van der Waals surface area contributed by atoms with Gasteiger partial charge in [-0.15, -0.1) is 0 Å². The Labute approximate surface area is 121 Å². The maximum Gasteiger partial charge on any atom is 0.148 e. The van der Waals surface area contributed by atoms with Gasteiger partial charge in [0.15, 0.2) is 0 Å². The highest BCUT2D eigenvalue weighted by Crippen LogP contribution is 2.32. The summed E-state index contributed by atoms with van der Waals surface area (Å²) < 4.78 is 0. The van der Waals surface area contributed by atoms with Gasteiger partial charge in [-0.25, -0.2) is 15.8 Å². The molecule has 5 heteroatoms. The van der Waals surface area contributed by atoms with E-state index in [9.17, 15) is 0 Å². The Morgan fingerprint density at radius 2 is 2.00 bits per heavy atom. The second-order valence-electron chi connectivity index (χ2n) is 5.96. The molecular weight excluding hydrogens is 250 g/mol. The Bertz CT molecular complexity index is 434. The highest BCUT2D eigenvalue weighted by atomic mass is 15.3. The van der Waals surface area contributed by atoms with Crippen LogP contribution in [0.25, 0.3) is 0 Å². The summed E-state index contributed by atoms with van der Waals surface area (Å²) in [5.74, 6) is 8.68. The van der Waals surface area contributed by atoms with E-state index in [0.29, 0.717) is 12.0 Å². The maximum atomic E-state index is 5.56. The molecule has 1 heterocycles. The van der Waals surface area contributed by atoms with Crippen LogP contribution in [0.1, 0.15) is 52.0 Å². The molecule has 0 amide bonds. The number of nitrogens with zero attached hydrogens (tertiary/aromatic N) is 2. The van der Waals surface area contributed by atoms with Gasteiger partial charge in [0.1, 0.15) is 18.0 Å². The van der Waals surface area contributed by atoms with Crippen LogP contribution in [-0.4, -0.2) is 16.0 Å². The number of hydrogen-bond acceptors (Lipinski definition) is 5. The van der Waals surface area contributed by atoms with Gasteiger partial charge >= 0.3 is 0 Å². The number of hydrazine groups is 1. The van der Waals surface area contributed by atoms with Gasteiger partial charge in [0, 0.05) is 11.6 Å². The molecule has 20 heavy (non-hydrogen) atoms. The lowest BCUT2D eigenvalue weighted by atomic mass is 9.78. The molecule has 1 aliphatic carbocycles. The van der Waals surface area contributed by atoms with Gasteiger partial charge in [0.2, 0.25) is 0 Å². The van der Waals surface area contributed by atoms with Crippen LogP contribution in [0, 0.1) is 11.8 Å². The average molecular weight is 277 g/mol. The van der Waals surface area contributed by atoms with Crippen LogP contribution < -0.4 is 16.6 Å². The van der Waals surface area contributed by atoms with E-state index in [2.05, 4.69) is 41.5 Å². The van der Waals surface area contributed by atoms with Crippen LogP contribution in [-0.2, 0) is 6.42 Å². The average Bonchev–Trinajstić information content (AvgIpc) is 2.46.